The van der Waals surface area contributed by atoms with Crippen LogP contribution in [0, 0.1) is 23.2 Å². The van der Waals surface area contributed by atoms with Gasteiger partial charge in [0.1, 0.15) is 12.4 Å². The number of piperazine rings is 1. The van der Waals surface area contributed by atoms with Crippen LogP contribution in [0.5, 0.6) is 0 Å². The number of nitrogens with one attached hydrogen (secondary N) is 2. The maximum Gasteiger partial charge on any atom is 0.407 e. The molecule has 1 aliphatic heterocycles. The Kier molecular flexibility index (Phi) is 9.82. The van der Waals surface area contributed by atoms with Crippen LogP contribution in [-0.2, 0) is 4.74 Å². The molecule has 2 aromatic heterocycles. The molecule has 1 aliphatic carbocycles. The van der Waals surface area contributed by atoms with Crippen molar-refractivity contribution in [2.24, 2.45) is 11.8 Å². The third-order valence-corrected chi connectivity index (χ3v) is 8.33. The van der Waals surface area contributed by atoms with Gasteiger partial charge in [-0.1, -0.05) is 18.2 Å². The zero-order valence-electron chi connectivity index (χ0n) is 24.2. The molecule has 3 heterocycles. The Morgan fingerprint density at radius 3 is 2.40 bits per heavy atom. The van der Waals surface area contributed by atoms with Crippen molar-refractivity contribution >= 4 is 28.7 Å². The van der Waals surface area contributed by atoms with Crippen molar-refractivity contribution in [2.75, 3.05) is 57.8 Å². The molecule has 0 radical (unpaired) electrons. The molecule has 1 saturated carbocycles. The molecule has 0 bridgehead atoms. The number of amides is 2. The van der Waals surface area contributed by atoms with E-state index in [-0.39, 0.29) is 18.9 Å². The van der Waals surface area contributed by atoms with Crippen LogP contribution in [0.3, 0.4) is 0 Å². The number of nitriles is 1. The first-order chi connectivity index (χ1) is 20.5. The normalized spacial score (nSPS) is 19.2. The van der Waals surface area contributed by atoms with Crippen molar-refractivity contribution in [3.63, 3.8) is 0 Å². The summed E-state index contributed by atoms with van der Waals surface area (Å²) in [6.45, 7) is 5.26. The second-order valence-electron chi connectivity index (χ2n) is 11.3. The number of nitrogens with zero attached hydrogens (tertiary/aromatic N) is 5. The van der Waals surface area contributed by atoms with E-state index in [4.69, 9.17) is 20.0 Å². The van der Waals surface area contributed by atoms with Gasteiger partial charge in [-0.3, -0.25) is 4.79 Å². The van der Waals surface area contributed by atoms with Gasteiger partial charge in [0.25, 0.3) is 5.91 Å². The highest BCUT2D eigenvalue weighted by Gasteiger charge is 2.23. The van der Waals surface area contributed by atoms with Crippen molar-refractivity contribution in [1.29, 1.82) is 5.26 Å². The van der Waals surface area contributed by atoms with Crippen molar-refractivity contribution in [3.05, 3.63) is 54.2 Å². The highest BCUT2D eigenvalue weighted by Crippen LogP contribution is 2.29. The van der Waals surface area contributed by atoms with Crippen molar-refractivity contribution in [3.8, 4) is 17.3 Å². The number of likely N-dealkylation sites (N-methyl/N-ethyl adjacent to an activating group) is 1. The van der Waals surface area contributed by atoms with Gasteiger partial charge in [-0.15, -0.1) is 0 Å². The molecule has 42 heavy (non-hydrogen) atoms. The molecule has 220 valence electrons. The number of ether oxygens (including phenoxy) is 1. The number of hydrogen-bond acceptors (Lipinski definition) is 8. The van der Waals surface area contributed by atoms with Gasteiger partial charge in [0.2, 0.25) is 0 Å². The van der Waals surface area contributed by atoms with Gasteiger partial charge in [0, 0.05) is 56.4 Å². The van der Waals surface area contributed by atoms with E-state index in [1.165, 1.54) is 0 Å². The number of benzene rings is 1. The standard InChI is InChI=1S/C32H39N7O3/c1-38-14-16-39(17-15-38)30-12-11-25(22-34-30)29-19-27(26-5-2-3-6-28(26)37-29)31(40)35-20-23-7-9-24(10-8-23)21-36-32(41)42-18-4-13-33/h2-3,5-6,11-12,19,22-24H,4,7-10,14-18,20-21H2,1H3,(H,35,40)(H,36,41). The third-order valence-electron chi connectivity index (χ3n) is 8.33. The van der Waals surface area contributed by atoms with E-state index in [2.05, 4.69) is 27.5 Å². The second kappa shape index (κ2) is 14.1. The number of carbonyl (C=O) groups excluding carboxylic acids is 2. The smallest absolute Gasteiger partial charge is 0.407 e. The number of hydrogen-bond donors (Lipinski definition) is 2. The van der Waals surface area contributed by atoms with E-state index in [1.54, 1.807) is 0 Å². The minimum Gasteiger partial charge on any atom is -0.448 e. The Balaban J connectivity index is 1.18. The highest BCUT2D eigenvalue weighted by molar-refractivity contribution is 6.07. The third kappa shape index (κ3) is 7.53. The molecular weight excluding hydrogens is 530 g/mol. The van der Waals surface area contributed by atoms with E-state index in [1.807, 2.05) is 54.7 Å². The van der Waals surface area contributed by atoms with Gasteiger partial charge in [0.15, 0.2) is 0 Å². The molecule has 10 heteroatoms. The van der Waals surface area contributed by atoms with Gasteiger partial charge in [-0.2, -0.15) is 5.26 Å². The van der Waals surface area contributed by atoms with Crippen LogP contribution in [0.2, 0.25) is 0 Å². The molecule has 3 aromatic rings. The molecule has 2 amide bonds. The summed E-state index contributed by atoms with van der Waals surface area (Å²) in [5.74, 6) is 1.66. The average molecular weight is 570 g/mol. The zero-order chi connectivity index (χ0) is 29.3. The summed E-state index contributed by atoms with van der Waals surface area (Å²) in [5.41, 5.74) is 3.01. The van der Waals surface area contributed by atoms with Crippen LogP contribution in [0.4, 0.5) is 10.6 Å². The van der Waals surface area contributed by atoms with Crippen LogP contribution in [0.15, 0.2) is 48.7 Å². The van der Waals surface area contributed by atoms with Gasteiger partial charge in [-0.25, -0.2) is 14.8 Å². The van der Waals surface area contributed by atoms with Gasteiger partial charge < -0.3 is 25.2 Å². The van der Waals surface area contributed by atoms with E-state index < -0.39 is 6.09 Å². The number of carbonyl (C=O) groups is 2. The fourth-order valence-corrected chi connectivity index (χ4v) is 5.71. The molecule has 0 atom stereocenters. The van der Waals surface area contributed by atoms with Gasteiger partial charge in [0.05, 0.1) is 29.3 Å². The number of anilines is 1. The number of fused-ring (bicyclic) bond motifs is 1. The zero-order valence-corrected chi connectivity index (χ0v) is 24.2. The lowest BCUT2D eigenvalue weighted by Gasteiger charge is -2.33. The summed E-state index contributed by atoms with van der Waals surface area (Å²) in [7, 11) is 2.14. The van der Waals surface area contributed by atoms with Crippen LogP contribution in [0.25, 0.3) is 22.2 Å². The van der Waals surface area contributed by atoms with Gasteiger partial charge >= 0.3 is 6.09 Å². The number of rotatable bonds is 9. The molecular formula is C32H39N7O3. The molecule has 5 rings (SSSR count). The predicted molar refractivity (Wildman–Crippen MR) is 162 cm³/mol. The average Bonchev–Trinajstić information content (AvgIpc) is 3.03. The molecule has 2 fully saturated rings. The first-order valence-corrected chi connectivity index (χ1v) is 14.9. The molecule has 10 nitrogen and oxygen atoms in total. The maximum absolute atomic E-state index is 13.5. The summed E-state index contributed by atoms with van der Waals surface area (Å²) in [6.07, 6.45) is 5.53. The molecule has 2 N–H and O–H groups in total. The first kappa shape index (κ1) is 29.3. The van der Waals surface area contributed by atoms with Crippen molar-refractivity contribution in [1.82, 2.24) is 25.5 Å². The summed E-state index contributed by atoms with van der Waals surface area (Å²) in [6, 6.07) is 15.7. The Bertz CT molecular complexity index is 1410. The fourth-order valence-electron chi connectivity index (χ4n) is 5.71. The first-order valence-electron chi connectivity index (χ1n) is 14.9. The number of para-hydroxylation sites is 1. The quantitative estimate of drug-likeness (QED) is 0.367. The molecule has 0 spiro atoms. The van der Waals surface area contributed by atoms with Crippen molar-refractivity contribution < 1.29 is 14.3 Å². The van der Waals surface area contributed by atoms with Crippen LogP contribution in [-0.4, -0.2) is 79.8 Å². The number of aromatic nitrogens is 2. The Hall–Kier alpha value is -4.23. The lowest BCUT2D eigenvalue weighted by molar-refractivity contribution is 0.0942. The minimum absolute atomic E-state index is 0.0965. The molecule has 1 aromatic carbocycles. The highest BCUT2D eigenvalue weighted by atomic mass is 16.5. The van der Waals surface area contributed by atoms with Crippen LogP contribution < -0.4 is 15.5 Å². The lowest BCUT2D eigenvalue weighted by atomic mass is 9.82. The molecule has 2 aliphatic rings. The molecule has 1 saturated heterocycles. The Morgan fingerprint density at radius 2 is 1.71 bits per heavy atom. The van der Waals surface area contributed by atoms with Crippen molar-refractivity contribution in [2.45, 2.75) is 32.1 Å². The second-order valence-corrected chi connectivity index (χ2v) is 11.3. The Morgan fingerprint density at radius 1 is 1.00 bits per heavy atom. The number of pyridine rings is 2. The number of alkyl carbamates (subject to hydrolysis) is 1. The minimum atomic E-state index is -0.467. The largest absolute Gasteiger partial charge is 0.448 e. The summed E-state index contributed by atoms with van der Waals surface area (Å²) in [5, 5.41) is 15.4. The van der Waals surface area contributed by atoms with E-state index >= 15 is 0 Å². The summed E-state index contributed by atoms with van der Waals surface area (Å²) in [4.78, 5) is 39.4. The predicted octanol–water partition coefficient (Wildman–Crippen LogP) is 4.22. The van der Waals surface area contributed by atoms with Gasteiger partial charge in [-0.05, 0) is 68.8 Å². The molecule has 0 unspecified atom stereocenters. The topological polar surface area (TPSA) is 123 Å². The van der Waals surface area contributed by atoms with E-state index in [9.17, 15) is 9.59 Å². The summed E-state index contributed by atoms with van der Waals surface area (Å²) >= 11 is 0. The Labute approximate surface area is 247 Å². The SMILES string of the molecule is CN1CCN(c2ccc(-c3cc(C(=O)NCC4CCC(CNC(=O)OCCC#N)CC4)c4ccccc4n3)cn2)CC1. The lowest BCUT2D eigenvalue weighted by Crippen LogP contribution is -2.44. The van der Waals surface area contributed by atoms with Crippen LogP contribution >= 0.6 is 0 Å². The fraction of sp³-hybridized carbons (Fsp3) is 0.469. The van der Waals surface area contributed by atoms with E-state index in [0.29, 0.717) is 30.5 Å². The summed E-state index contributed by atoms with van der Waals surface area (Å²) < 4.78 is 4.97. The van der Waals surface area contributed by atoms with E-state index in [0.717, 1.165) is 79.8 Å². The maximum atomic E-state index is 13.5. The van der Waals surface area contributed by atoms with Crippen LogP contribution in [0.1, 0.15) is 42.5 Å². The monoisotopic (exact) mass is 569 g/mol.